The van der Waals surface area contributed by atoms with Gasteiger partial charge in [-0.1, -0.05) is 24.3 Å². The second kappa shape index (κ2) is 4.67. The maximum Gasteiger partial charge on any atom is 0.187 e. The highest BCUT2D eigenvalue weighted by Gasteiger charge is 2.23. The average Bonchev–Trinajstić information content (AvgIpc) is 2.80. The molecule has 4 nitrogen and oxygen atoms in total. The summed E-state index contributed by atoms with van der Waals surface area (Å²) in [5.41, 5.74) is 3.23. The Kier molecular flexibility index (Phi) is 3.06. The Morgan fingerprint density at radius 1 is 1.14 bits per heavy atom. The number of ketones is 1. The van der Waals surface area contributed by atoms with Gasteiger partial charge in [0.1, 0.15) is 5.69 Å². The number of benzene rings is 1. The quantitative estimate of drug-likeness (QED) is 0.920. The molecule has 0 spiro atoms. The van der Waals surface area contributed by atoms with Crippen LogP contribution in [0.3, 0.4) is 0 Å². The molecule has 2 heterocycles. The summed E-state index contributed by atoms with van der Waals surface area (Å²) >= 11 is 0. The van der Waals surface area contributed by atoms with Crippen LogP contribution in [-0.2, 0) is 5.60 Å². The fraction of sp³-hybridized carbons (Fsp3) is 0.294. The minimum atomic E-state index is -0.868. The van der Waals surface area contributed by atoms with Crippen LogP contribution in [0.5, 0.6) is 0 Å². The number of aromatic nitrogens is 1. The molecule has 2 aromatic rings. The molecular formula is C17H18N2O2. The number of nitrogens with zero attached hydrogens (tertiary/aromatic N) is 2. The number of aryl methyl sites for hydroxylation is 1. The first-order valence-electron chi connectivity index (χ1n) is 6.99. The van der Waals surface area contributed by atoms with Gasteiger partial charge in [-0.25, -0.2) is 4.68 Å². The van der Waals surface area contributed by atoms with Gasteiger partial charge in [0, 0.05) is 5.69 Å². The summed E-state index contributed by atoms with van der Waals surface area (Å²) in [5.74, 6) is 0.0830. The topological polar surface area (TPSA) is 54.6 Å². The summed E-state index contributed by atoms with van der Waals surface area (Å²) in [5, 5.41) is 14.5. The van der Waals surface area contributed by atoms with Gasteiger partial charge in [0.2, 0.25) is 0 Å². The van der Waals surface area contributed by atoms with E-state index in [0.717, 1.165) is 22.5 Å². The summed E-state index contributed by atoms with van der Waals surface area (Å²) in [7, 11) is 0. The third-order valence-corrected chi connectivity index (χ3v) is 3.80. The molecule has 0 unspecified atom stereocenters. The summed E-state index contributed by atoms with van der Waals surface area (Å²) in [6, 6.07) is 11.3. The molecule has 1 aliphatic rings. The van der Waals surface area contributed by atoms with Crippen molar-refractivity contribution >= 4 is 11.5 Å². The molecule has 0 atom stereocenters. The average molecular weight is 282 g/mol. The second-order valence-electron chi connectivity index (χ2n) is 5.95. The zero-order valence-electron chi connectivity index (χ0n) is 12.4. The number of hydrogen-bond donors (Lipinski definition) is 1. The van der Waals surface area contributed by atoms with Crippen molar-refractivity contribution < 1.29 is 9.90 Å². The van der Waals surface area contributed by atoms with Gasteiger partial charge in [0.15, 0.2) is 5.78 Å². The van der Waals surface area contributed by atoms with Crippen LogP contribution in [0.15, 0.2) is 41.5 Å². The van der Waals surface area contributed by atoms with Crippen molar-refractivity contribution in [2.75, 3.05) is 0 Å². The lowest BCUT2D eigenvalue weighted by Gasteiger charge is -2.19. The number of Topliss-reactive ketones (excluding diaryl/α,β-unsaturated/α-hetero) is 1. The smallest absolute Gasteiger partial charge is 0.187 e. The molecule has 108 valence electrons. The molecule has 0 fully saturated rings. The number of carbonyl (C=O) groups excluding carboxylic acids is 1. The zero-order valence-corrected chi connectivity index (χ0v) is 12.4. The number of rotatable bonds is 2. The summed E-state index contributed by atoms with van der Waals surface area (Å²) < 4.78 is 1.70. The minimum Gasteiger partial charge on any atom is -0.386 e. The van der Waals surface area contributed by atoms with Gasteiger partial charge in [0.25, 0.3) is 0 Å². The lowest BCUT2D eigenvalue weighted by atomic mass is 9.95. The Morgan fingerprint density at radius 2 is 1.81 bits per heavy atom. The van der Waals surface area contributed by atoms with Crippen molar-refractivity contribution in [3.63, 3.8) is 0 Å². The first-order chi connectivity index (χ1) is 9.86. The fourth-order valence-electron chi connectivity index (χ4n) is 2.50. The highest BCUT2D eigenvalue weighted by Crippen LogP contribution is 2.23. The molecule has 4 heteroatoms. The molecule has 0 radical (unpaired) electrons. The van der Waals surface area contributed by atoms with E-state index in [1.54, 1.807) is 18.5 Å². The molecule has 0 amide bonds. The highest BCUT2D eigenvalue weighted by molar-refractivity contribution is 6.16. The lowest BCUT2D eigenvalue weighted by Crippen LogP contribution is -2.21. The van der Waals surface area contributed by atoms with Crippen molar-refractivity contribution in [3.8, 4) is 0 Å². The van der Waals surface area contributed by atoms with E-state index in [1.165, 1.54) is 0 Å². The second-order valence-corrected chi connectivity index (χ2v) is 5.95. The van der Waals surface area contributed by atoms with Crippen LogP contribution in [-0.4, -0.2) is 21.3 Å². The van der Waals surface area contributed by atoms with Crippen molar-refractivity contribution in [1.82, 2.24) is 4.68 Å². The highest BCUT2D eigenvalue weighted by atomic mass is 16.3. The van der Waals surface area contributed by atoms with E-state index < -0.39 is 5.60 Å². The van der Waals surface area contributed by atoms with Crippen LogP contribution in [0.2, 0.25) is 0 Å². The van der Waals surface area contributed by atoms with Crippen LogP contribution in [0.1, 0.15) is 47.6 Å². The van der Waals surface area contributed by atoms with Crippen LogP contribution in [0.25, 0.3) is 0 Å². The molecule has 21 heavy (non-hydrogen) atoms. The molecule has 1 aliphatic heterocycles. The molecule has 1 aromatic heterocycles. The van der Waals surface area contributed by atoms with E-state index >= 15 is 0 Å². The standard InChI is InChI=1S/C17H18N2O2/c1-11-4-9-15-16(20)10-14(18-19(11)15)12-5-7-13(8-6-12)17(2,3)21/h4-9,21H,10H2,1-3H3. The van der Waals surface area contributed by atoms with Gasteiger partial charge in [-0.3, -0.25) is 4.79 Å². The van der Waals surface area contributed by atoms with Gasteiger partial charge in [0.05, 0.1) is 17.7 Å². The molecule has 0 saturated heterocycles. The van der Waals surface area contributed by atoms with Crippen molar-refractivity contribution in [1.29, 1.82) is 0 Å². The molecular weight excluding hydrogens is 264 g/mol. The van der Waals surface area contributed by atoms with Crippen LogP contribution < -0.4 is 0 Å². The molecule has 1 N–H and O–H groups in total. The Balaban J connectivity index is 2.00. The van der Waals surface area contributed by atoms with Crippen molar-refractivity contribution in [2.24, 2.45) is 5.10 Å². The van der Waals surface area contributed by atoms with E-state index in [9.17, 15) is 9.90 Å². The van der Waals surface area contributed by atoms with E-state index in [-0.39, 0.29) is 5.78 Å². The Morgan fingerprint density at radius 3 is 2.43 bits per heavy atom. The van der Waals surface area contributed by atoms with Crippen molar-refractivity contribution in [2.45, 2.75) is 32.8 Å². The predicted octanol–water partition coefficient (Wildman–Crippen LogP) is 2.86. The molecule has 3 rings (SSSR count). The number of aliphatic hydroxyl groups is 1. The first-order valence-corrected chi connectivity index (χ1v) is 6.99. The van der Waals surface area contributed by atoms with Gasteiger partial charge in [-0.15, -0.1) is 0 Å². The number of fused-ring (bicyclic) bond motifs is 1. The maximum atomic E-state index is 12.2. The molecule has 1 aromatic carbocycles. The Bertz CT molecular complexity index is 731. The monoisotopic (exact) mass is 282 g/mol. The summed E-state index contributed by atoms with van der Waals surface area (Å²) in [6.45, 7) is 5.43. The zero-order chi connectivity index (χ0) is 15.2. The van der Waals surface area contributed by atoms with Gasteiger partial charge in [-0.2, -0.15) is 5.10 Å². The SMILES string of the molecule is Cc1ccc2n1N=C(c1ccc(C(C)(C)O)cc1)CC2=O. The van der Waals surface area contributed by atoms with Gasteiger partial charge >= 0.3 is 0 Å². The van der Waals surface area contributed by atoms with E-state index in [4.69, 9.17) is 0 Å². The van der Waals surface area contributed by atoms with Crippen LogP contribution >= 0.6 is 0 Å². The lowest BCUT2D eigenvalue weighted by molar-refractivity contribution is 0.0786. The largest absolute Gasteiger partial charge is 0.386 e. The fourth-order valence-corrected chi connectivity index (χ4v) is 2.50. The first kappa shape index (κ1) is 13.8. The van der Waals surface area contributed by atoms with E-state index in [2.05, 4.69) is 5.10 Å². The van der Waals surface area contributed by atoms with Gasteiger partial charge in [-0.05, 0) is 44.0 Å². The third kappa shape index (κ3) is 2.43. The Labute approximate surface area is 123 Å². The van der Waals surface area contributed by atoms with Crippen LogP contribution in [0.4, 0.5) is 0 Å². The summed E-state index contributed by atoms with van der Waals surface area (Å²) in [6.07, 6.45) is 0.311. The summed E-state index contributed by atoms with van der Waals surface area (Å²) in [4.78, 5) is 12.2. The molecule has 0 aliphatic carbocycles. The third-order valence-electron chi connectivity index (χ3n) is 3.80. The number of hydrogen-bond acceptors (Lipinski definition) is 3. The Hall–Kier alpha value is -2.20. The molecule has 0 saturated carbocycles. The number of carbonyl (C=O) groups is 1. The van der Waals surface area contributed by atoms with E-state index in [1.807, 2.05) is 43.3 Å². The van der Waals surface area contributed by atoms with Crippen molar-refractivity contribution in [3.05, 3.63) is 58.9 Å². The maximum absolute atomic E-state index is 12.2. The molecule has 0 bridgehead atoms. The van der Waals surface area contributed by atoms with E-state index in [0.29, 0.717) is 12.1 Å². The van der Waals surface area contributed by atoms with Gasteiger partial charge < -0.3 is 5.11 Å². The predicted molar refractivity (Wildman–Crippen MR) is 81.7 cm³/mol. The normalized spacial score (nSPS) is 14.9. The minimum absolute atomic E-state index is 0.0830. The van der Waals surface area contributed by atoms with Crippen LogP contribution in [0, 0.1) is 6.92 Å².